The van der Waals surface area contributed by atoms with Crippen LogP contribution in [0.5, 0.6) is 0 Å². The van der Waals surface area contributed by atoms with Gasteiger partial charge in [0.25, 0.3) is 0 Å². The van der Waals surface area contributed by atoms with Crippen molar-refractivity contribution < 1.29 is 40.4 Å². The number of carbonyl (C=O) groups is 4. The van der Waals surface area contributed by atoms with Crippen LogP contribution in [0.1, 0.15) is 90.9 Å². The molecule has 42 heavy (non-hydrogen) atoms. The van der Waals surface area contributed by atoms with E-state index < -0.39 is 49.2 Å². The topological polar surface area (TPSA) is 120 Å². The first kappa shape index (κ1) is 32.8. The second kappa shape index (κ2) is 15.0. The van der Waals surface area contributed by atoms with E-state index in [-0.39, 0.29) is 35.9 Å². The first-order valence-corrected chi connectivity index (χ1v) is 18.3. The Hall–Kier alpha value is -2.13. The van der Waals surface area contributed by atoms with Gasteiger partial charge >= 0.3 is 263 Å². The van der Waals surface area contributed by atoms with E-state index in [1.54, 1.807) is 0 Å². The molecular weight excluding hydrogens is 645 g/mol. The van der Waals surface area contributed by atoms with Crippen LogP contribution in [0.2, 0.25) is 0 Å². The number of Topliss-reactive ketones (excluding diaryl/α,β-unsaturated/α-hetero) is 1. The number of amides is 4. The third-order valence-electron chi connectivity index (χ3n) is 9.64. The first-order valence-electron chi connectivity index (χ1n) is 15.8. The average Bonchev–Trinajstić information content (AvgIpc) is 3.30. The van der Waals surface area contributed by atoms with Crippen LogP contribution in [-0.2, 0) is 14.4 Å². The minimum atomic E-state index is -0.810. The number of nitrogens with zero attached hydrogens (tertiary/aromatic N) is 1. The summed E-state index contributed by atoms with van der Waals surface area (Å²) < 4.78 is -0.0314. The number of hydrogen-bond acceptors (Lipinski definition) is 5. The molecule has 1 aliphatic heterocycles. The molecule has 4 fully saturated rings. The number of nitrogens with one attached hydrogen (secondary N) is 4. The number of fused-ring (bicyclic) bond motifs is 1. The van der Waals surface area contributed by atoms with Gasteiger partial charge in [-0.15, -0.1) is 0 Å². The monoisotopic (exact) mass is 694 g/mol. The zero-order valence-corrected chi connectivity index (χ0v) is 27.4. The van der Waals surface area contributed by atoms with Crippen LogP contribution in [0.3, 0.4) is 0 Å². The van der Waals surface area contributed by atoms with Gasteiger partial charge in [0.05, 0.1) is 0 Å². The molecule has 0 aromatic rings. The van der Waals surface area contributed by atoms with Gasteiger partial charge in [-0.25, -0.2) is 0 Å². The number of carbonyl (C=O) groups excluding carboxylic acids is 4. The molecule has 0 aromatic carbocycles. The average molecular weight is 695 g/mol. The van der Waals surface area contributed by atoms with Crippen molar-refractivity contribution in [2.45, 2.75) is 117 Å². The Bertz CT molecular complexity index is 1050. The molecule has 0 bridgehead atoms. The summed E-state index contributed by atoms with van der Waals surface area (Å²) in [6, 6.07) is -0.895. The van der Waals surface area contributed by atoms with Crippen molar-refractivity contribution in [3.05, 3.63) is 12.7 Å². The Morgan fingerprint density at radius 1 is 1.07 bits per heavy atom. The number of alkyl halides is 2. The molecule has 3 saturated carbocycles. The molecule has 10 heteroatoms. The number of halogens is 1. The predicted molar refractivity (Wildman–Crippen MR) is 159 cm³/mol. The zero-order chi connectivity index (χ0) is 30.3. The van der Waals surface area contributed by atoms with Crippen LogP contribution in [-0.4, -0.2) is 67.8 Å². The molecule has 234 valence electrons. The Kier molecular flexibility index (Phi) is 11.7. The van der Waals surface area contributed by atoms with Gasteiger partial charge in [-0.3, -0.25) is 0 Å². The van der Waals surface area contributed by atoms with Crippen molar-refractivity contribution in [1.82, 2.24) is 26.2 Å². The second-order valence-electron chi connectivity index (χ2n) is 12.9. The van der Waals surface area contributed by atoms with E-state index in [1.165, 1.54) is 31.8 Å². The SMILES string of the molecule is C#CCCC(NC1C2C(CN1C(=O)C(NC(=O)NC1CCCCC1)[I-]C1CCCCC1)C2(C)C)C(=O)C(=O)NCC=C. The van der Waals surface area contributed by atoms with Crippen molar-refractivity contribution in [3.63, 3.8) is 0 Å². The van der Waals surface area contributed by atoms with Gasteiger partial charge in [-0.05, 0) is 0 Å². The van der Waals surface area contributed by atoms with Crippen LogP contribution in [0.25, 0.3) is 0 Å². The molecule has 0 radical (unpaired) electrons. The van der Waals surface area contributed by atoms with Gasteiger partial charge in [0, 0.05) is 0 Å². The number of urea groups is 1. The predicted octanol–water partition coefficient (Wildman–Crippen LogP) is 0.0495. The van der Waals surface area contributed by atoms with Crippen LogP contribution < -0.4 is 42.5 Å². The fraction of sp³-hybridized carbons (Fsp3) is 0.750. The molecule has 0 spiro atoms. The number of ketones is 1. The van der Waals surface area contributed by atoms with Crippen molar-refractivity contribution in [2.24, 2.45) is 17.3 Å². The van der Waals surface area contributed by atoms with E-state index in [2.05, 4.69) is 47.6 Å². The maximum atomic E-state index is 14.3. The zero-order valence-electron chi connectivity index (χ0n) is 25.3. The van der Waals surface area contributed by atoms with Gasteiger partial charge in [0.2, 0.25) is 0 Å². The Labute approximate surface area is 261 Å². The Balaban J connectivity index is 1.51. The molecule has 5 atom stereocenters. The van der Waals surface area contributed by atoms with E-state index >= 15 is 0 Å². The molecule has 3 aliphatic carbocycles. The fourth-order valence-corrected chi connectivity index (χ4v) is 10.8. The minimum absolute atomic E-state index is 0.0129. The molecule has 1 heterocycles. The summed E-state index contributed by atoms with van der Waals surface area (Å²) in [6.45, 7) is 8.75. The van der Waals surface area contributed by atoms with E-state index in [0.29, 0.717) is 29.2 Å². The molecule has 9 nitrogen and oxygen atoms in total. The molecule has 4 rings (SSSR count). The van der Waals surface area contributed by atoms with E-state index in [1.807, 2.05) is 4.90 Å². The van der Waals surface area contributed by atoms with Gasteiger partial charge in [-0.2, -0.15) is 0 Å². The number of terminal acetylenes is 1. The summed E-state index contributed by atoms with van der Waals surface area (Å²) in [6.07, 6.45) is 18.5. The molecule has 5 unspecified atom stereocenters. The third kappa shape index (κ3) is 8.07. The van der Waals surface area contributed by atoms with Crippen LogP contribution in [0.4, 0.5) is 4.79 Å². The number of rotatable bonds is 13. The van der Waals surface area contributed by atoms with Gasteiger partial charge in [-0.1, -0.05) is 0 Å². The molecule has 4 amide bonds. The van der Waals surface area contributed by atoms with Crippen molar-refractivity contribution in [1.29, 1.82) is 0 Å². The van der Waals surface area contributed by atoms with Crippen LogP contribution in [0.15, 0.2) is 12.7 Å². The van der Waals surface area contributed by atoms with Gasteiger partial charge in [0.15, 0.2) is 0 Å². The Morgan fingerprint density at radius 3 is 2.38 bits per heavy atom. The third-order valence-corrected chi connectivity index (χ3v) is 13.5. The van der Waals surface area contributed by atoms with Gasteiger partial charge < -0.3 is 0 Å². The number of likely N-dealkylation sites (tertiary alicyclic amines) is 1. The quantitative estimate of drug-likeness (QED) is 0.0543. The summed E-state index contributed by atoms with van der Waals surface area (Å²) in [5, 5.41) is 12.3. The van der Waals surface area contributed by atoms with E-state index in [0.717, 1.165) is 38.5 Å². The van der Waals surface area contributed by atoms with Crippen LogP contribution in [0, 0.1) is 29.6 Å². The number of hydrogen-bond donors (Lipinski definition) is 4. The molecular formula is C32H49IN5O4-. The van der Waals surface area contributed by atoms with E-state index in [9.17, 15) is 19.2 Å². The summed E-state index contributed by atoms with van der Waals surface area (Å²) in [7, 11) is 0. The fourth-order valence-electron chi connectivity index (χ4n) is 7.08. The first-order chi connectivity index (χ1) is 20.2. The molecule has 0 aromatic heterocycles. The maximum absolute atomic E-state index is 14.3. The normalized spacial score (nSPS) is 26.8. The van der Waals surface area contributed by atoms with E-state index in [4.69, 9.17) is 6.42 Å². The van der Waals surface area contributed by atoms with Gasteiger partial charge in [0.1, 0.15) is 0 Å². The molecule has 4 N–H and O–H groups in total. The molecule has 4 aliphatic rings. The molecule has 1 saturated heterocycles. The standard InChI is InChI=1S/C32H49IN5O4/c1-5-7-18-24(26(39)29(40)34-19-6-2)36-28-25-23(32(25,3)4)20-38(28)30(41)27(33-21-14-10-8-11-15-21)37-31(42)35-22-16-12-9-13-17-22/h1,6,21-25,27-28,36H,2,7-20H2,3-4H3,(H,34,40)(H2,35,37,42)/q-1. The second-order valence-corrected chi connectivity index (χ2v) is 16.6. The summed E-state index contributed by atoms with van der Waals surface area (Å²) in [5.41, 5.74) is 0.0129. The number of piperidine rings is 1. The van der Waals surface area contributed by atoms with Crippen molar-refractivity contribution >= 4 is 23.6 Å². The van der Waals surface area contributed by atoms with Crippen molar-refractivity contribution in [2.75, 3.05) is 13.1 Å². The summed E-state index contributed by atoms with van der Waals surface area (Å²) in [5.74, 6) is 1.69. The summed E-state index contributed by atoms with van der Waals surface area (Å²) in [4.78, 5) is 55.2. The van der Waals surface area contributed by atoms with Crippen LogP contribution >= 0.6 is 0 Å². The van der Waals surface area contributed by atoms with Crippen molar-refractivity contribution in [3.8, 4) is 12.3 Å². The summed E-state index contributed by atoms with van der Waals surface area (Å²) >= 11 is -0.642. The Morgan fingerprint density at radius 2 is 1.74 bits per heavy atom.